The predicted octanol–water partition coefficient (Wildman–Crippen LogP) is 10.1. The summed E-state index contributed by atoms with van der Waals surface area (Å²) in [6.45, 7) is 4.78. The lowest BCUT2D eigenvalue weighted by atomic mass is 9.74. The van der Waals surface area contributed by atoms with Crippen molar-refractivity contribution in [1.82, 2.24) is 4.57 Å². The third-order valence-corrected chi connectivity index (χ3v) is 9.28. The minimum atomic E-state index is 0.112. The Hall–Kier alpha value is -4.82. The number of fused-ring (bicyclic) bond motifs is 6. The van der Waals surface area contributed by atoms with Crippen LogP contribution in [-0.2, 0) is 5.41 Å². The van der Waals surface area contributed by atoms with Crippen LogP contribution >= 0.6 is 0 Å². The zero-order chi connectivity index (χ0) is 27.6. The molecule has 5 aromatic carbocycles. The Bertz CT molecular complexity index is 1920. The van der Waals surface area contributed by atoms with Crippen molar-refractivity contribution in [2.24, 2.45) is 5.92 Å². The molecule has 0 aliphatic heterocycles. The second kappa shape index (κ2) is 9.11. The summed E-state index contributed by atoms with van der Waals surface area (Å²) >= 11 is 0. The summed E-state index contributed by atoms with van der Waals surface area (Å²) in [6.07, 6.45) is 7.27. The van der Waals surface area contributed by atoms with Crippen molar-refractivity contribution in [1.29, 1.82) is 0 Å². The maximum atomic E-state index is 2.49. The molecule has 2 atom stereocenters. The summed E-state index contributed by atoms with van der Waals surface area (Å²) in [6, 6.07) is 46.2. The Morgan fingerprint density at radius 2 is 1.20 bits per heavy atom. The van der Waals surface area contributed by atoms with Gasteiger partial charge in [0, 0.05) is 39.4 Å². The first-order valence-electron chi connectivity index (χ1n) is 14.5. The Kier molecular flexibility index (Phi) is 5.33. The van der Waals surface area contributed by atoms with Crippen LogP contribution in [-0.4, -0.2) is 4.57 Å². The van der Waals surface area contributed by atoms with Gasteiger partial charge in [0.15, 0.2) is 0 Å². The number of para-hydroxylation sites is 3. The number of hydrogen-bond donors (Lipinski definition) is 0. The lowest BCUT2D eigenvalue weighted by molar-refractivity contribution is 0.393. The summed E-state index contributed by atoms with van der Waals surface area (Å²) in [7, 11) is 0. The van der Waals surface area contributed by atoms with Gasteiger partial charge in [0.05, 0.1) is 11.0 Å². The summed E-state index contributed by atoms with van der Waals surface area (Å²) < 4.78 is 2.38. The molecule has 0 spiro atoms. The highest BCUT2D eigenvalue weighted by atomic mass is 15.1. The zero-order valence-electron chi connectivity index (χ0n) is 23.4. The van der Waals surface area contributed by atoms with Gasteiger partial charge in [-0.25, -0.2) is 0 Å². The topological polar surface area (TPSA) is 8.17 Å². The molecule has 1 heterocycles. The van der Waals surface area contributed by atoms with Gasteiger partial charge in [-0.3, -0.25) is 0 Å². The van der Waals surface area contributed by atoms with Crippen molar-refractivity contribution in [3.05, 3.63) is 162 Å². The fraction of sp³-hybridized carbons (Fsp3) is 0.128. The normalized spacial score (nSPS) is 18.7. The molecule has 0 radical (unpaired) electrons. The minimum absolute atomic E-state index is 0.112. The van der Waals surface area contributed by atoms with Gasteiger partial charge < -0.3 is 9.47 Å². The molecule has 0 N–H and O–H groups in total. The number of hydrogen-bond acceptors (Lipinski definition) is 1. The monoisotopic (exact) mass is 528 g/mol. The van der Waals surface area contributed by atoms with Crippen molar-refractivity contribution in [2.45, 2.75) is 25.2 Å². The van der Waals surface area contributed by atoms with Gasteiger partial charge in [-0.05, 0) is 77.1 Å². The fourth-order valence-electron chi connectivity index (χ4n) is 7.32. The van der Waals surface area contributed by atoms with Crippen molar-refractivity contribution in [2.75, 3.05) is 4.90 Å². The van der Waals surface area contributed by atoms with Crippen molar-refractivity contribution in [3.8, 4) is 5.69 Å². The number of benzene rings is 5. The molecule has 2 heteroatoms. The lowest BCUT2D eigenvalue weighted by Crippen LogP contribution is -2.27. The SMILES string of the molecule is CC1(C)c2ccccc2C2C=C(N(c3ccccc3)c3ccc(-n4c5ccccc5c5ccccc54)cc3)C=CC21. The quantitative estimate of drug-likeness (QED) is 0.221. The van der Waals surface area contributed by atoms with Crippen LogP contribution in [0.15, 0.2) is 151 Å². The molecule has 0 bridgehead atoms. The molecule has 1 aromatic heterocycles. The largest absolute Gasteiger partial charge is 0.311 e. The van der Waals surface area contributed by atoms with Crippen molar-refractivity contribution in [3.63, 3.8) is 0 Å². The maximum absolute atomic E-state index is 2.49. The van der Waals surface area contributed by atoms with Crippen LogP contribution in [0.4, 0.5) is 11.4 Å². The molecule has 2 aliphatic carbocycles. The van der Waals surface area contributed by atoms with E-state index in [0.29, 0.717) is 11.8 Å². The predicted molar refractivity (Wildman–Crippen MR) is 172 cm³/mol. The van der Waals surface area contributed by atoms with Crippen molar-refractivity contribution < 1.29 is 0 Å². The van der Waals surface area contributed by atoms with Crippen LogP contribution in [0.5, 0.6) is 0 Å². The number of aromatic nitrogens is 1. The summed E-state index contributed by atoms with van der Waals surface area (Å²) in [5.74, 6) is 0.822. The maximum Gasteiger partial charge on any atom is 0.0541 e. The van der Waals surface area contributed by atoms with Crippen molar-refractivity contribution >= 4 is 33.2 Å². The van der Waals surface area contributed by atoms with Gasteiger partial charge in [0.2, 0.25) is 0 Å². The Labute approximate surface area is 241 Å². The van der Waals surface area contributed by atoms with Gasteiger partial charge in [-0.15, -0.1) is 0 Å². The molecule has 2 unspecified atom stereocenters. The number of anilines is 2. The minimum Gasteiger partial charge on any atom is -0.311 e. The molecule has 2 nitrogen and oxygen atoms in total. The van der Waals surface area contributed by atoms with E-state index >= 15 is 0 Å². The highest BCUT2D eigenvalue weighted by molar-refractivity contribution is 6.09. The van der Waals surface area contributed by atoms with Crippen LogP contribution in [0.3, 0.4) is 0 Å². The first-order valence-corrected chi connectivity index (χ1v) is 14.5. The molecule has 41 heavy (non-hydrogen) atoms. The van der Waals surface area contributed by atoms with E-state index in [2.05, 4.69) is 169 Å². The number of allylic oxidation sites excluding steroid dienone is 3. The van der Waals surface area contributed by atoms with Gasteiger partial charge >= 0.3 is 0 Å². The first kappa shape index (κ1) is 24.0. The van der Waals surface area contributed by atoms with Crippen LogP contribution < -0.4 is 4.90 Å². The summed E-state index contributed by atoms with van der Waals surface area (Å²) in [5.41, 5.74) is 10.2. The molecular weight excluding hydrogens is 496 g/mol. The van der Waals surface area contributed by atoms with E-state index in [0.717, 1.165) is 11.4 Å². The Morgan fingerprint density at radius 3 is 1.90 bits per heavy atom. The molecular formula is C39H32N2. The van der Waals surface area contributed by atoms with E-state index in [4.69, 9.17) is 0 Å². The highest BCUT2D eigenvalue weighted by Gasteiger charge is 2.45. The van der Waals surface area contributed by atoms with E-state index in [9.17, 15) is 0 Å². The van der Waals surface area contributed by atoms with Gasteiger partial charge in [-0.2, -0.15) is 0 Å². The highest BCUT2D eigenvalue weighted by Crippen LogP contribution is 2.54. The molecule has 0 saturated heterocycles. The van der Waals surface area contributed by atoms with Crippen LogP contribution in [0, 0.1) is 5.92 Å². The molecule has 6 aromatic rings. The van der Waals surface area contributed by atoms with Gasteiger partial charge in [0.25, 0.3) is 0 Å². The average Bonchev–Trinajstić information content (AvgIpc) is 3.47. The molecule has 0 amide bonds. The van der Waals surface area contributed by atoms with E-state index in [-0.39, 0.29) is 5.41 Å². The smallest absolute Gasteiger partial charge is 0.0541 e. The zero-order valence-corrected chi connectivity index (χ0v) is 23.4. The number of nitrogens with zero attached hydrogens (tertiary/aromatic N) is 2. The number of rotatable bonds is 4. The second-order valence-electron chi connectivity index (χ2n) is 11.9. The third kappa shape index (κ3) is 3.64. The summed E-state index contributed by atoms with van der Waals surface area (Å²) in [4.78, 5) is 2.40. The Balaban J connectivity index is 1.24. The van der Waals surface area contributed by atoms with Crippen LogP contribution in [0.1, 0.15) is 30.9 Å². The second-order valence-corrected chi connectivity index (χ2v) is 11.9. The first-order chi connectivity index (χ1) is 20.1. The van der Waals surface area contributed by atoms with Crippen LogP contribution in [0.25, 0.3) is 27.5 Å². The van der Waals surface area contributed by atoms with E-state index in [1.165, 1.54) is 44.3 Å². The Morgan fingerprint density at radius 1 is 0.610 bits per heavy atom. The molecule has 0 fully saturated rings. The molecule has 8 rings (SSSR count). The average molecular weight is 529 g/mol. The van der Waals surface area contributed by atoms with Gasteiger partial charge in [-0.1, -0.05) is 105 Å². The fourth-order valence-corrected chi connectivity index (χ4v) is 7.32. The van der Waals surface area contributed by atoms with Crippen LogP contribution in [0.2, 0.25) is 0 Å². The summed E-state index contributed by atoms with van der Waals surface area (Å²) in [5, 5.41) is 2.56. The van der Waals surface area contributed by atoms with E-state index in [1.807, 2.05) is 0 Å². The standard InChI is InChI=1S/C39H32N2/c1-39(2)35-17-9-6-14-31(35)34-26-30(24-25-36(34)39)40(27-12-4-3-5-13-27)28-20-22-29(23-21-28)41-37-18-10-7-15-32(37)33-16-8-11-19-38(33)41/h3-26,34,36H,1-2H3. The van der Waals surface area contributed by atoms with E-state index < -0.39 is 0 Å². The third-order valence-electron chi connectivity index (χ3n) is 9.28. The molecule has 198 valence electrons. The van der Waals surface area contributed by atoms with Gasteiger partial charge in [0.1, 0.15) is 0 Å². The lowest BCUT2D eigenvalue weighted by Gasteiger charge is -2.34. The molecule has 2 aliphatic rings. The van der Waals surface area contributed by atoms with E-state index in [1.54, 1.807) is 0 Å². The molecule has 0 saturated carbocycles.